The first-order valence-corrected chi connectivity index (χ1v) is 7.23. The third-order valence-corrected chi connectivity index (χ3v) is 3.59. The van der Waals surface area contributed by atoms with Crippen LogP contribution in [-0.2, 0) is 0 Å². The van der Waals surface area contributed by atoms with Crippen LogP contribution in [0.15, 0.2) is 48.5 Å². The van der Waals surface area contributed by atoms with Gasteiger partial charge in [0.25, 0.3) is 0 Å². The Labute approximate surface area is 137 Å². The van der Waals surface area contributed by atoms with E-state index in [1.165, 1.54) is 7.11 Å². The quantitative estimate of drug-likeness (QED) is 0.707. The molecule has 0 amide bonds. The second-order valence-electron chi connectivity index (χ2n) is 4.51. The summed E-state index contributed by atoms with van der Waals surface area (Å²) >= 11 is 11.9. The van der Waals surface area contributed by atoms with Crippen molar-refractivity contribution < 1.29 is 4.74 Å². The zero-order valence-corrected chi connectivity index (χ0v) is 13.1. The number of rotatable bonds is 3. The van der Waals surface area contributed by atoms with Gasteiger partial charge in [-0.15, -0.1) is 5.10 Å². The number of halogens is 2. The summed E-state index contributed by atoms with van der Waals surface area (Å²) < 4.78 is 5.08. The minimum absolute atomic E-state index is 0.211. The number of benzene rings is 2. The fraction of sp³-hybridized carbons (Fsp3) is 0.0625. The molecule has 3 rings (SSSR count). The van der Waals surface area contributed by atoms with Gasteiger partial charge in [-0.1, -0.05) is 52.6 Å². The second-order valence-corrected chi connectivity index (χ2v) is 5.38. The van der Waals surface area contributed by atoms with Gasteiger partial charge in [0.1, 0.15) is 11.4 Å². The van der Waals surface area contributed by atoms with E-state index in [-0.39, 0.29) is 6.01 Å². The Morgan fingerprint density at radius 3 is 1.73 bits per heavy atom. The predicted molar refractivity (Wildman–Crippen MR) is 87.3 cm³/mol. The first-order chi connectivity index (χ1) is 10.7. The Balaban J connectivity index is 2.17. The molecule has 0 aliphatic carbocycles. The summed E-state index contributed by atoms with van der Waals surface area (Å²) in [7, 11) is 1.50. The van der Waals surface area contributed by atoms with Gasteiger partial charge in [-0.25, -0.2) is 0 Å². The summed E-state index contributed by atoms with van der Waals surface area (Å²) in [5.74, 6) is 0. The van der Waals surface area contributed by atoms with Crippen molar-refractivity contribution in [2.75, 3.05) is 7.11 Å². The lowest BCUT2D eigenvalue weighted by Gasteiger charge is -2.09. The van der Waals surface area contributed by atoms with Crippen molar-refractivity contribution in [1.29, 1.82) is 0 Å². The maximum atomic E-state index is 5.94. The van der Waals surface area contributed by atoms with Crippen LogP contribution in [0.2, 0.25) is 10.0 Å². The largest absolute Gasteiger partial charge is 0.466 e. The van der Waals surface area contributed by atoms with Gasteiger partial charge in [-0.3, -0.25) is 0 Å². The van der Waals surface area contributed by atoms with Crippen LogP contribution >= 0.6 is 23.2 Å². The Kier molecular flexibility index (Phi) is 4.22. The molecular formula is C16H11Cl2N3O. The SMILES string of the molecule is COc1nnc(-c2ccc(Cl)cc2)c(-c2ccc(Cl)cc2)n1. The number of nitrogens with zero attached hydrogens (tertiary/aromatic N) is 3. The van der Waals surface area contributed by atoms with Crippen LogP contribution in [0, 0.1) is 0 Å². The molecule has 3 aromatic rings. The molecule has 0 spiro atoms. The van der Waals surface area contributed by atoms with Crippen LogP contribution in [0.25, 0.3) is 22.5 Å². The van der Waals surface area contributed by atoms with E-state index in [0.717, 1.165) is 11.1 Å². The Morgan fingerprint density at radius 2 is 1.23 bits per heavy atom. The van der Waals surface area contributed by atoms with Crippen LogP contribution < -0.4 is 4.74 Å². The molecule has 22 heavy (non-hydrogen) atoms. The standard InChI is InChI=1S/C16H11Cl2N3O/c1-22-16-19-14(10-2-6-12(17)7-3-10)15(20-21-16)11-4-8-13(18)9-5-11/h2-9H,1H3. The summed E-state index contributed by atoms with van der Waals surface area (Å²) in [6, 6.07) is 14.9. The average Bonchev–Trinajstić information content (AvgIpc) is 2.56. The van der Waals surface area contributed by atoms with E-state index in [4.69, 9.17) is 27.9 Å². The monoisotopic (exact) mass is 331 g/mol. The lowest BCUT2D eigenvalue weighted by atomic mass is 10.0. The first kappa shape index (κ1) is 14.8. The molecule has 0 saturated carbocycles. The molecule has 4 nitrogen and oxygen atoms in total. The molecule has 0 bridgehead atoms. The Morgan fingerprint density at radius 1 is 0.727 bits per heavy atom. The number of methoxy groups -OCH3 is 1. The number of ether oxygens (including phenoxy) is 1. The van der Waals surface area contributed by atoms with Crippen LogP contribution in [0.5, 0.6) is 6.01 Å². The summed E-state index contributed by atoms with van der Waals surface area (Å²) in [5.41, 5.74) is 3.07. The third-order valence-electron chi connectivity index (χ3n) is 3.09. The van der Waals surface area contributed by atoms with Gasteiger partial charge >= 0.3 is 6.01 Å². The maximum absolute atomic E-state index is 5.94. The molecule has 110 valence electrons. The first-order valence-electron chi connectivity index (χ1n) is 6.48. The molecule has 2 aromatic carbocycles. The highest BCUT2D eigenvalue weighted by molar-refractivity contribution is 6.31. The molecule has 0 aliphatic heterocycles. The molecule has 0 radical (unpaired) electrons. The molecule has 0 saturated heterocycles. The Bertz CT molecular complexity index is 789. The van der Waals surface area contributed by atoms with E-state index in [1.807, 2.05) is 24.3 Å². The second kappa shape index (κ2) is 6.30. The number of hydrogen-bond acceptors (Lipinski definition) is 4. The van der Waals surface area contributed by atoms with E-state index in [0.29, 0.717) is 21.4 Å². The molecule has 0 unspecified atom stereocenters. The van der Waals surface area contributed by atoms with Gasteiger partial charge in [0.05, 0.1) is 7.11 Å². The number of hydrogen-bond donors (Lipinski definition) is 0. The molecule has 1 heterocycles. The molecule has 0 fully saturated rings. The summed E-state index contributed by atoms with van der Waals surface area (Å²) in [5, 5.41) is 9.51. The molecule has 6 heteroatoms. The highest BCUT2D eigenvalue weighted by Crippen LogP contribution is 2.30. The van der Waals surface area contributed by atoms with Gasteiger partial charge in [0, 0.05) is 21.2 Å². The normalized spacial score (nSPS) is 10.5. The van der Waals surface area contributed by atoms with E-state index in [9.17, 15) is 0 Å². The fourth-order valence-electron chi connectivity index (χ4n) is 2.01. The minimum atomic E-state index is 0.211. The molecule has 1 aromatic heterocycles. The van der Waals surface area contributed by atoms with Crippen molar-refractivity contribution >= 4 is 23.2 Å². The van der Waals surface area contributed by atoms with E-state index in [1.54, 1.807) is 24.3 Å². The van der Waals surface area contributed by atoms with E-state index < -0.39 is 0 Å². The zero-order chi connectivity index (χ0) is 15.5. The molecule has 0 aliphatic rings. The van der Waals surface area contributed by atoms with Crippen LogP contribution in [0.3, 0.4) is 0 Å². The lowest BCUT2D eigenvalue weighted by molar-refractivity contribution is 0.374. The van der Waals surface area contributed by atoms with Crippen molar-refractivity contribution in [3.05, 3.63) is 58.6 Å². The van der Waals surface area contributed by atoms with Crippen molar-refractivity contribution in [1.82, 2.24) is 15.2 Å². The molecule has 0 N–H and O–H groups in total. The molecule has 0 atom stereocenters. The van der Waals surface area contributed by atoms with Gasteiger partial charge in [0.15, 0.2) is 0 Å². The Hall–Kier alpha value is -2.17. The van der Waals surface area contributed by atoms with Crippen molar-refractivity contribution in [2.24, 2.45) is 0 Å². The predicted octanol–water partition coefficient (Wildman–Crippen LogP) is 4.52. The van der Waals surface area contributed by atoms with Crippen molar-refractivity contribution in [2.45, 2.75) is 0 Å². The van der Waals surface area contributed by atoms with Crippen LogP contribution in [-0.4, -0.2) is 22.3 Å². The molecular weight excluding hydrogens is 321 g/mol. The van der Waals surface area contributed by atoms with E-state index >= 15 is 0 Å². The van der Waals surface area contributed by atoms with Gasteiger partial charge < -0.3 is 4.74 Å². The van der Waals surface area contributed by atoms with Crippen LogP contribution in [0.4, 0.5) is 0 Å². The summed E-state index contributed by atoms with van der Waals surface area (Å²) in [4.78, 5) is 4.42. The lowest BCUT2D eigenvalue weighted by Crippen LogP contribution is -2.00. The van der Waals surface area contributed by atoms with Gasteiger partial charge in [0.2, 0.25) is 0 Å². The van der Waals surface area contributed by atoms with Gasteiger partial charge in [-0.05, 0) is 24.3 Å². The fourth-order valence-corrected chi connectivity index (χ4v) is 2.26. The topological polar surface area (TPSA) is 47.9 Å². The minimum Gasteiger partial charge on any atom is -0.466 e. The summed E-state index contributed by atoms with van der Waals surface area (Å²) in [6.07, 6.45) is 0. The average molecular weight is 332 g/mol. The van der Waals surface area contributed by atoms with E-state index in [2.05, 4.69) is 15.2 Å². The van der Waals surface area contributed by atoms with Crippen LogP contribution in [0.1, 0.15) is 0 Å². The van der Waals surface area contributed by atoms with Crippen molar-refractivity contribution in [3.63, 3.8) is 0 Å². The highest BCUT2D eigenvalue weighted by atomic mass is 35.5. The number of aromatic nitrogens is 3. The van der Waals surface area contributed by atoms with Gasteiger partial charge in [-0.2, -0.15) is 4.98 Å². The third kappa shape index (κ3) is 3.03. The maximum Gasteiger partial charge on any atom is 0.336 e. The summed E-state index contributed by atoms with van der Waals surface area (Å²) in [6.45, 7) is 0. The highest BCUT2D eigenvalue weighted by Gasteiger charge is 2.14. The zero-order valence-electron chi connectivity index (χ0n) is 11.6. The van der Waals surface area contributed by atoms with Crippen molar-refractivity contribution in [3.8, 4) is 28.5 Å². The smallest absolute Gasteiger partial charge is 0.336 e.